The first-order valence-corrected chi connectivity index (χ1v) is 7.92. The van der Waals surface area contributed by atoms with Gasteiger partial charge >= 0.3 is 6.03 Å². The number of amides is 2. The van der Waals surface area contributed by atoms with E-state index in [4.69, 9.17) is 16.1 Å². The number of aromatic nitrogens is 1. The number of hydrogen-bond donors (Lipinski definition) is 2. The van der Waals surface area contributed by atoms with Crippen LogP contribution in [0.25, 0.3) is 11.3 Å². The average Bonchev–Trinajstić information content (AvgIpc) is 3.21. The molecule has 1 aromatic carbocycles. The lowest BCUT2D eigenvalue weighted by atomic mass is 10.1. The number of nitrogens with zero attached hydrogens (tertiary/aromatic N) is 2. The fraction of sp³-hybridized carbons (Fsp3) is 0.375. The number of aliphatic hydroxyl groups is 1. The van der Waals surface area contributed by atoms with Crippen molar-refractivity contribution in [3.63, 3.8) is 0 Å². The molecule has 1 saturated heterocycles. The van der Waals surface area contributed by atoms with Crippen LogP contribution in [0.3, 0.4) is 0 Å². The van der Waals surface area contributed by atoms with Gasteiger partial charge in [-0.25, -0.2) is 4.79 Å². The van der Waals surface area contributed by atoms with Crippen LogP contribution in [0, 0.1) is 0 Å². The molecule has 23 heavy (non-hydrogen) atoms. The van der Waals surface area contributed by atoms with E-state index in [9.17, 15) is 9.90 Å². The third-order valence-corrected chi connectivity index (χ3v) is 4.18. The topological polar surface area (TPSA) is 78.6 Å². The highest BCUT2D eigenvalue weighted by Crippen LogP contribution is 2.22. The lowest BCUT2D eigenvalue weighted by Crippen LogP contribution is -2.43. The number of nitrogens with one attached hydrogen (secondary N) is 1. The minimum atomic E-state index is -0.192. The second-order valence-electron chi connectivity index (χ2n) is 5.52. The van der Waals surface area contributed by atoms with Gasteiger partial charge in [0, 0.05) is 23.2 Å². The molecule has 0 unspecified atom stereocenters. The number of rotatable bonds is 4. The summed E-state index contributed by atoms with van der Waals surface area (Å²) in [5.74, 6) is 0.563. The molecule has 0 radical (unpaired) electrons. The van der Waals surface area contributed by atoms with E-state index >= 15 is 0 Å². The zero-order valence-electron chi connectivity index (χ0n) is 12.5. The Hall–Kier alpha value is -2.05. The molecule has 122 valence electrons. The maximum Gasteiger partial charge on any atom is 0.318 e. The molecule has 1 aliphatic rings. The molecule has 0 aliphatic carbocycles. The van der Waals surface area contributed by atoms with E-state index < -0.39 is 0 Å². The van der Waals surface area contributed by atoms with E-state index in [0.717, 1.165) is 18.4 Å². The van der Waals surface area contributed by atoms with Crippen LogP contribution in [-0.2, 0) is 6.54 Å². The molecule has 2 amide bonds. The Morgan fingerprint density at radius 3 is 3.13 bits per heavy atom. The van der Waals surface area contributed by atoms with Crippen LogP contribution in [0.1, 0.15) is 18.6 Å². The van der Waals surface area contributed by atoms with Crippen molar-refractivity contribution in [1.29, 1.82) is 0 Å². The van der Waals surface area contributed by atoms with E-state index in [2.05, 4.69) is 10.5 Å². The van der Waals surface area contributed by atoms with Crippen molar-refractivity contribution in [2.45, 2.75) is 25.4 Å². The summed E-state index contributed by atoms with van der Waals surface area (Å²) in [6.07, 6.45) is 1.75. The smallest absolute Gasteiger partial charge is 0.318 e. The largest absolute Gasteiger partial charge is 0.394 e. The highest BCUT2D eigenvalue weighted by atomic mass is 35.5. The summed E-state index contributed by atoms with van der Waals surface area (Å²) in [4.78, 5) is 13.8. The summed E-state index contributed by atoms with van der Waals surface area (Å²) in [6, 6.07) is 8.82. The molecule has 1 aromatic heterocycles. The van der Waals surface area contributed by atoms with Crippen LogP contribution in [0.5, 0.6) is 0 Å². The van der Waals surface area contributed by atoms with Gasteiger partial charge in [0.2, 0.25) is 0 Å². The Bertz CT molecular complexity index is 689. The number of benzene rings is 1. The number of carbonyl (C=O) groups excluding carboxylic acids is 1. The Labute approximate surface area is 139 Å². The SMILES string of the molecule is O=C(NCc1cc(-c2cccc(Cl)c2)no1)N1CCC[C@@H]1CO. The molecule has 2 aromatic rings. The molecule has 0 bridgehead atoms. The predicted molar refractivity (Wildman–Crippen MR) is 86.0 cm³/mol. The van der Waals surface area contributed by atoms with Crippen molar-refractivity contribution in [2.75, 3.05) is 13.2 Å². The Morgan fingerprint density at radius 2 is 2.35 bits per heavy atom. The third kappa shape index (κ3) is 3.65. The fourth-order valence-electron chi connectivity index (χ4n) is 2.74. The maximum absolute atomic E-state index is 12.1. The molecule has 7 heteroatoms. The summed E-state index contributed by atoms with van der Waals surface area (Å²) in [5.41, 5.74) is 1.53. The van der Waals surface area contributed by atoms with Crippen LogP contribution >= 0.6 is 11.6 Å². The van der Waals surface area contributed by atoms with Gasteiger partial charge in [-0.3, -0.25) is 0 Å². The number of aliphatic hydroxyl groups excluding tert-OH is 1. The maximum atomic E-state index is 12.1. The minimum Gasteiger partial charge on any atom is -0.394 e. The van der Waals surface area contributed by atoms with Crippen LogP contribution in [-0.4, -0.2) is 40.4 Å². The second kappa shape index (κ2) is 7.02. The normalized spacial score (nSPS) is 17.5. The first-order chi connectivity index (χ1) is 11.2. The van der Waals surface area contributed by atoms with Crippen molar-refractivity contribution in [2.24, 2.45) is 0 Å². The van der Waals surface area contributed by atoms with Gasteiger partial charge in [0.05, 0.1) is 19.2 Å². The molecular formula is C16H18ClN3O3. The number of halogens is 1. The van der Waals surface area contributed by atoms with Crippen LogP contribution in [0.15, 0.2) is 34.9 Å². The van der Waals surface area contributed by atoms with Gasteiger partial charge in [-0.05, 0) is 25.0 Å². The Balaban J connectivity index is 1.60. The minimum absolute atomic E-state index is 0.00532. The van der Waals surface area contributed by atoms with E-state index in [1.165, 1.54) is 0 Å². The third-order valence-electron chi connectivity index (χ3n) is 3.94. The number of carbonyl (C=O) groups is 1. The number of urea groups is 1. The highest BCUT2D eigenvalue weighted by Gasteiger charge is 2.27. The van der Waals surface area contributed by atoms with Crippen molar-refractivity contribution in [1.82, 2.24) is 15.4 Å². The van der Waals surface area contributed by atoms with E-state index in [1.54, 1.807) is 23.1 Å². The standard InChI is InChI=1S/C16H18ClN3O3/c17-12-4-1-3-11(7-12)15-8-14(23-19-15)9-18-16(22)20-6-2-5-13(20)10-21/h1,3-4,7-8,13,21H,2,5-6,9-10H2,(H,18,22)/t13-/m1/s1. The van der Waals surface area contributed by atoms with Gasteiger partial charge in [0.15, 0.2) is 5.76 Å². The Kier molecular flexibility index (Phi) is 4.83. The zero-order valence-corrected chi connectivity index (χ0v) is 13.3. The molecule has 3 rings (SSSR count). The van der Waals surface area contributed by atoms with Gasteiger partial charge in [-0.15, -0.1) is 0 Å². The summed E-state index contributed by atoms with van der Waals surface area (Å²) in [5, 5.41) is 16.7. The lowest BCUT2D eigenvalue weighted by molar-refractivity contribution is 0.156. The molecule has 0 saturated carbocycles. The predicted octanol–water partition coefficient (Wildman–Crippen LogP) is 2.66. The quantitative estimate of drug-likeness (QED) is 0.900. The van der Waals surface area contributed by atoms with Gasteiger partial charge in [-0.2, -0.15) is 0 Å². The number of likely N-dealkylation sites (tertiary alicyclic amines) is 1. The van der Waals surface area contributed by atoms with Crippen molar-refractivity contribution >= 4 is 17.6 Å². The van der Waals surface area contributed by atoms with Gasteiger partial charge in [0.1, 0.15) is 5.69 Å². The fourth-order valence-corrected chi connectivity index (χ4v) is 2.93. The van der Waals surface area contributed by atoms with Crippen molar-refractivity contribution in [3.05, 3.63) is 41.1 Å². The summed E-state index contributed by atoms with van der Waals surface area (Å²) in [7, 11) is 0. The van der Waals surface area contributed by atoms with Crippen LogP contribution in [0.4, 0.5) is 4.79 Å². The van der Waals surface area contributed by atoms with Crippen LogP contribution < -0.4 is 5.32 Å². The second-order valence-corrected chi connectivity index (χ2v) is 5.96. The molecule has 2 N–H and O–H groups in total. The summed E-state index contributed by atoms with van der Waals surface area (Å²) in [6.45, 7) is 0.914. The van der Waals surface area contributed by atoms with Gasteiger partial charge in [-0.1, -0.05) is 28.9 Å². The molecule has 2 heterocycles. The van der Waals surface area contributed by atoms with E-state index in [-0.39, 0.29) is 25.2 Å². The molecule has 0 spiro atoms. The monoisotopic (exact) mass is 335 g/mol. The van der Waals surface area contributed by atoms with Crippen LogP contribution in [0.2, 0.25) is 5.02 Å². The molecule has 1 atom stereocenters. The van der Waals surface area contributed by atoms with E-state index in [0.29, 0.717) is 23.0 Å². The molecule has 6 nitrogen and oxygen atoms in total. The summed E-state index contributed by atoms with van der Waals surface area (Å²) < 4.78 is 5.25. The first kappa shape index (κ1) is 15.8. The lowest BCUT2D eigenvalue weighted by Gasteiger charge is -2.22. The molecular weight excluding hydrogens is 318 g/mol. The molecule has 1 fully saturated rings. The van der Waals surface area contributed by atoms with Gasteiger partial charge in [0.25, 0.3) is 0 Å². The first-order valence-electron chi connectivity index (χ1n) is 7.54. The van der Waals surface area contributed by atoms with Gasteiger partial charge < -0.3 is 19.8 Å². The van der Waals surface area contributed by atoms with Crippen molar-refractivity contribution < 1.29 is 14.4 Å². The average molecular weight is 336 g/mol. The highest BCUT2D eigenvalue weighted by molar-refractivity contribution is 6.30. The summed E-state index contributed by atoms with van der Waals surface area (Å²) >= 11 is 5.96. The molecule has 1 aliphatic heterocycles. The van der Waals surface area contributed by atoms with E-state index in [1.807, 2.05) is 12.1 Å². The van der Waals surface area contributed by atoms with Crippen molar-refractivity contribution in [3.8, 4) is 11.3 Å². The Morgan fingerprint density at radius 1 is 1.48 bits per heavy atom. The number of hydrogen-bond acceptors (Lipinski definition) is 4. The zero-order chi connectivity index (χ0) is 16.2.